The number of hydrogen-bond acceptors (Lipinski definition) is 6. The maximum absolute atomic E-state index is 11.0. The molecule has 0 unspecified atom stereocenters. The third-order valence-electron chi connectivity index (χ3n) is 2.27. The van der Waals surface area contributed by atoms with E-state index >= 15 is 0 Å². The predicted octanol–water partition coefficient (Wildman–Crippen LogP) is 3.26. The topological polar surface area (TPSA) is 76.3 Å². The molecular formula is C11H10N2O3S2. The average molecular weight is 282 g/mol. The molecule has 0 saturated carbocycles. The number of nitro groups is 1. The molecule has 2 aromatic rings. The van der Waals surface area contributed by atoms with Gasteiger partial charge in [0, 0.05) is 17.6 Å². The van der Waals surface area contributed by atoms with Gasteiger partial charge in [-0.15, -0.1) is 11.3 Å². The fourth-order valence-corrected chi connectivity index (χ4v) is 3.04. The molecule has 7 heteroatoms. The Kier molecular flexibility index (Phi) is 3.95. The third kappa shape index (κ3) is 2.87. The summed E-state index contributed by atoms with van der Waals surface area (Å²) in [5.74, 6) is 0. The second-order valence-electron chi connectivity index (χ2n) is 3.56. The summed E-state index contributed by atoms with van der Waals surface area (Å²) in [5, 5.41) is 22.3. The van der Waals surface area contributed by atoms with E-state index in [1.165, 1.54) is 29.2 Å². The maximum atomic E-state index is 11.0. The Morgan fingerprint density at radius 1 is 1.56 bits per heavy atom. The van der Waals surface area contributed by atoms with Gasteiger partial charge in [0.25, 0.3) is 5.69 Å². The van der Waals surface area contributed by atoms with Gasteiger partial charge in [-0.1, -0.05) is 17.8 Å². The minimum absolute atomic E-state index is 0.00593. The molecule has 0 amide bonds. The van der Waals surface area contributed by atoms with E-state index in [0.717, 1.165) is 4.34 Å². The Morgan fingerprint density at radius 3 is 2.89 bits per heavy atom. The van der Waals surface area contributed by atoms with Crippen molar-refractivity contribution < 1.29 is 10.0 Å². The second kappa shape index (κ2) is 5.47. The molecule has 2 rings (SSSR count). The van der Waals surface area contributed by atoms with Crippen molar-refractivity contribution in [2.45, 2.75) is 22.3 Å². The van der Waals surface area contributed by atoms with Gasteiger partial charge in [-0.2, -0.15) is 0 Å². The zero-order chi connectivity index (χ0) is 13.1. The van der Waals surface area contributed by atoms with Gasteiger partial charge < -0.3 is 5.11 Å². The van der Waals surface area contributed by atoms with E-state index in [1.54, 1.807) is 25.3 Å². The van der Waals surface area contributed by atoms with Gasteiger partial charge in [0.15, 0.2) is 4.34 Å². The van der Waals surface area contributed by atoms with Gasteiger partial charge in [-0.3, -0.25) is 10.1 Å². The molecule has 1 heterocycles. The van der Waals surface area contributed by atoms with Crippen molar-refractivity contribution in [3.8, 4) is 0 Å². The minimum atomic E-state index is -0.720. The molecular weight excluding hydrogens is 272 g/mol. The van der Waals surface area contributed by atoms with E-state index < -0.39 is 11.0 Å². The average Bonchev–Trinajstić information content (AvgIpc) is 2.81. The summed E-state index contributed by atoms with van der Waals surface area (Å²) in [6, 6.07) is 4.74. The number of rotatable bonds is 4. The summed E-state index contributed by atoms with van der Waals surface area (Å²) >= 11 is 2.68. The van der Waals surface area contributed by atoms with Crippen LogP contribution in [0.3, 0.4) is 0 Å². The number of aliphatic hydroxyl groups is 1. The summed E-state index contributed by atoms with van der Waals surface area (Å²) in [6.45, 7) is 1.58. The minimum Gasteiger partial charge on any atom is -0.389 e. The van der Waals surface area contributed by atoms with Crippen molar-refractivity contribution in [3.63, 3.8) is 0 Å². The summed E-state index contributed by atoms with van der Waals surface area (Å²) in [6.07, 6.45) is 0.936. The van der Waals surface area contributed by atoms with E-state index in [4.69, 9.17) is 0 Å². The first-order chi connectivity index (χ1) is 8.58. The molecule has 0 spiro atoms. The van der Waals surface area contributed by atoms with Crippen LogP contribution in [-0.4, -0.2) is 15.0 Å². The Morgan fingerprint density at radius 2 is 2.33 bits per heavy atom. The van der Waals surface area contributed by atoms with Crippen LogP contribution in [0, 0.1) is 10.1 Å². The van der Waals surface area contributed by atoms with E-state index in [9.17, 15) is 15.2 Å². The summed E-state index contributed by atoms with van der Waals surface area (Å²) in [5.41, 5.74) is 0.527. The van der Waals surface area contributed by atoms with Crippen molar-refractivity contribution in [1.29, 1.82) is 0 Å². The molecule has 18 heavy (non-hydrogen) atoms. The molecule has 0 saturated heterocycles. The van der Waals surface area contributed by atoms with Crippen LogP contribution in [0.2, 0.25) is 0 Å². The van der Waals surface area contributed by atoms with Crippen LogP contribution in [0.4, 0.5) is 5.69 Å². The molecule has 0 aliphatic rings. The highest BCUT2D eigenvalue weighted by molar-refractivity contribution is 8.01. The number of nitro benzene ring substituents is 1. The lowest BCUT2D eigenvalue weighted by Gasteiger charge is -2.06. The van der Waals surface area contributed by atoms with Crippen LogP contribution >= 0.6 is 23.1 Å². The highest BCUT2D eigenvalue weighted by atomic mass is 32.2. The zero-order valence-corrected chi connectivity index (χ0v) is 11.1. The Bertz CT molecular complexity index is 555. The standard InChI is InChI=1S/C11H10N2O3S2/c1-7(14)8-2-3-10(9(6-8)13(15)16)18-11-12-4-5-17-11/h2-7,14H,1H3/t7-/m0/s1. The smallest absolute Gasteiger partial charge is 0.283 e. The molecule has 94 valence electrons. The molecule has 0 bridgehead atoms. The maximum Gasteiger partial charge on any atom is 0.283 e. The van der Waals surface area contributed by atoms with E-state index in [2.05, 4.69) is 4.98 Å². The quantitative estimate of drug-likeness (QED) is 0.688. The molecule has 0 radical (unpaired) electrons. The van der Waals surface area contributed by atoms with Crippen molar-refractivity contribution in [1.82, 2.24) is 4.98 Å². The lowest BCUT2D eigenvalue weighted by molar-refractivity contribution is -0.387. The van der Waals surface area contributed by atoms with Crippen LogP contribution in [-0.2, 0) is 0 Å². The van der Waals surface area contributed by atoms with Crippen LogP contribution in [0.5, 0.6) is 0 Å². The van der Waals surface area contributed by atoms with Crippen molar-refractivity contribution in [2.24, 2.45) is 0 Å². The van der Waals surface area contributed by atoms with Crippen molar-refractivity contribution >= 4 is 28.8 Å². The SMILES string of the molecule is C[C@H](O)c1ccc(Sc2nccs2)c([N+](=O)[O-])c1. The van der Waals surface area contributed by atoms with Gasteiger partial charge in [-0.25, -0.2) is 4.98 Å². The number of thiazole rings is 1. The molecule has 1 N–H and O–H groups in total. The molecule has 5 nitrogen and oxygen atoms in total. The monoisotopic (exact) mass is 282 g/mol. The fraction of sp³-hybridized carbons (Fsp3) is 0.182. The van der Waals surface area contributed by atoms with E-state index in [-0.39, 0.29) is 5.69 Å². The Hall–Kier alpha value is -1.44. The molecule has 1 aromatic heterocycles. The summed E-state index contributed by atoms with van der Waals surface area (Å²) in [7, 11) is 0. The molecule has 0 aliphatic heterocycles. The highest BCUT2D eigenvalue weighted by Crippen LogP contribution is 2.36. The molecule has 1 atom stereocenters. The first-order valence-electron chi connectivity index (χ1n) is 5.11. The first kappa shape index (κ1) is 13.0. The summed E-state index contributed by atoms with van der Waals surface area (Å²) < 4.78 is 0.753. The number of nitrogens with zero attached hydrogens (tertiary/aromatic N) is 2. The Balaban J connectivity index is 2.37. The number of aliphatic hydroxyl groups excluding tert-OH is 1. The van der Waals surface area contributed by atoms with Crippen LogP contribution in [0.1, 0.15) is 18.6 Å². The molecule has 0 aliphatic carbocycles. The number of hydrogen-bond donors (Lipinski definition) is 1. The lowest BCUT2D eigenvalue weighted by atomic mass is 10.1. The van der Waals surface area contributed by atoms with Gasteiger partial charge >= 0.3 is 0 Å². The normalized spacial score (nSPS) is 12.3. The molecule has 1 aromatic carbocycles. The number of benzene rings is 1. The Labute approximate surface area is 112 Å². The first-order valence-corrected chi connectivity index (χ1v) is 6.81. The van der Waals surface area contributed by atoms with Crippen LogP contribution < -0.4 is 0 Å². The fourth-order valence-electron chi connectivity index (χ4n) is 1.38. The van der Waals surface area contributed by atoms with E-state index in [1.807, 2.05) is 5.38 Å². The largest absolute Gasteiger partial charge is 0.389 e. The second-order valence-corrected chi connectivity index (χ2v) is 5.74. The van der Waals surface area contributed by atoms with Gasteiger partial charge in [0.2, 0.25) is 0 Å². The van der Waals surface area contributed by atoms with Crippen LogP contribution in [0.15, 0.2) is 39.0 Å². The zero-order valence-electron chi connectivity index (χ0n) is 9.44. The third-order valence-corrected chi connectivity index (χ3v) is 4.22. The highest BCUT2D eigenvalue weighted by Gasteiger charge is 2.17. The number of aromatic nitrogens is 1. The molecule has 0 fully saturated rings. The van der Waals surface area contributed by atoms with Crippen molar-refractivity contribution in [3.05, 3.63) is 45.5 Å². The van der Waals surface area contributed by atoms with Crippen LogP contribution in [0.25, 0.3) is 0 Å². The van der Waals surface area contributed by atoms with E-state index in [0.29, 0.717) is 10.5 Å². The van der Waals surface area contributed by atoms with Gasteiger partial charge in [0.1, 0.15) is 0 Å². The van der Waals surface area contributed by atoms with Gasteiger partial charge in [0.05, 0.1) is 15.9 Å². The summed E-state index contributed by atoms with van der Waals surface area (Å²) in [4.78, 5) is 15.2. The lowest BCUT2D eigenvalue weighted by Crippen LogP contribution is -1.96. The van der Waals surface area contributed by atoms with Gasteiger partial charge in [-0.05, 0) is 18.6 Å². The van der Waals surface area contributed by atoms with Crippen molar-refractivity contribution in [2.75, 3.05) is 0 Å². The predicted molar refractivity (Wildman–Crippen MR) is 70.0 cm³/mol.